The molecule has 0 aliphatic carbocycles. The number of carbonyl (C=O) groups excluding carboxylic acids is 1. The van der Waals surface area contributed by atoms with E-state index in [9.17, 15) is 4.79 Å². The van der Waals surface area contributed by atoms with Gasteiger partial charge in [0.05, 0.1) is 5.75 Å². The average molecular weight is 351 g/mol. The molecular weight excluding hydrogens is 328 g/mol. The van der Waals surface area contributed by atoms with Crippen LogP contribution in [-0.2, 0) is 4.79 Å². The van der Waals surface area contributed by atoms with Crippen LogP contribution < -0.4 is 10.6 Å². The SMILES string of the molecule is CCNc1nnc(SCC(=O)Nc2ccc([C@H](C)CC)cc2)s1. The Hall–Kier alpha value is -1.60. The van der Waals surface area contributed by atoms with Crippen LogP contribution in [0.2, 0.25) is 0 Å². The number of rotatable bonds is 8. The van der Waals surface area contributed by atoms with E-state index in [1.807, 2.05) is 19.1 Å². The van der Waals surface area contributed by atoms with E-state index in [2.05, 4.69) is 46.8 Å². The van der Waals surface area contributed by atoms with E-state index in [1.54, 1.807) is 0 Å². The van der Waals surface area contributed by atoms with Crippen molar-refractivity contribution in [2.45, 2.75) is 37.4 Å². The molecule has 1 heterocycles. The van der Waals surface area contributed by atoms with Crippen LogP contribution in [-0.4, -0.2) is 28.4 Å². The average Bonchev–Trinajstić information content (AvgIpc) is 3.01. The Morgan fingerprint density at radius 1 is 1.26 bits per heavy atom. The molecule has 1 aromatic carbocycles. The van der Waals surface area contributed by atoms with Crippen LogP contribution in [0.5, 0.6) is 0 Å². The minimum Gasteiger partial charge on any atom is -0.360 e. The van der Waals surface area contributed by atoms with Crippen LogP contribution in [0.4, 0.5) is 10.8 Å². The molecule has 0 bridgehead atoms. The topological polar surface area (TPSA) is 66.9 Å². The van der Waals surface area contributed by atoms with Crippen molar-refractivity contribution >= 4 is 39.8 Å². The number of thioether (sulfide) groups is 1. The lowest BCUT2D eigenvalue weighted by Crippen LogP contribution is -2.13. The lowest BCUT2D eigenvalue weighted by atomic mass is 9.99. The number of benzene rings is 1. The quantitative estimate of drug-likeness (QED) is 0.698. The fraction of sp³-hybridized carbons (Fsp3) is 0.438. The highest BCUT2D eigenvalue weighted by atomic mass is 32.2. The number of anilines is 2. The third-order valence-corrected chi connectivity index (χ3v) is 5.45. The van der Waals surface area contributed by atoms with Gasteiger partial charge in [-0.2, -0.15) is 0 Å². The summed E-state index contributed by atoms with van der Waals surface area (Å²) in [7, 11) is 0. The maximum atomic E-state index is 12.0. The summed E-state index contributed by atoms with van der Waals surface area (Å²) in [6.07, 6.45) is 1.11. The lowest BCUT2D eigenvalue weighted by Gasteiger charge is -2.10. The highest BCUT2D eigenvalue weighted by molar-refractivity contribution is 8.01. The summed E-state index contributed by atoms with van der Waals surface area (Å²) in [6.45, 7) is 7.20. The van der Waals surface area contributed by atoms with Crippen molar-refractivity contribution in [3.8, 4) is 0 Å². The molecule has 0 unspecified atom stereocenters. The van der Waals surface area contributed by atoms with E-state index in [0.717, 1.165) is 28.1 Å². The summed E-state index contributed by atoms with van der Waals surface area (Å²) < 4.78 is 0.795. The molecule has 0 aliphatic heterocycles. The Labute approximate surface area is 145 Å². The fourth-order valence-corrected chi connectivity index (χ4v) is 3.57. The van der Waals surface area contributed by atoms with Gasteiger partial charge in [0.2, 0.25) is 11.0 Å². The number of hydrogen-bond acceptors (Lipinski definition) is 6. The van der Waals surface area contributed by atoms with Gasteiger partial charge in [-0.3, -0.25) is 4.79 Å². The monoisotopic (exact) mass is 350 g/mol. The van der Waals surface area contributed by atoms with Gasteiger partial charge in [-0.25, -0.2) is 0 Å². The number of hydrogen-bond donors (Lipinski definition) is 2. The number of amides is 1. The zero-order valence-corrected chi connectivity index (χ0v) is 15.3. The van der Waals surface area contributed by atoms with Gasteiger partial charge >= 0.3 is 0 Å². The van der Waals surface area contributed by atoms with Crippen LogP contribution in [0.25, 0.3) is 0 Å². The van der Waals surface area contributed by atoms with Gasteiger partial charge in [0.15, 0.2) is 4.34 Å². The molecule has 23 heavy (non-hydrogen) atoms. The summed E-state index contributed by atoms with van der Waals surface area (Å²) in [5, 5.41) is 14.9. The molecule has 0 spiro atoms. The Morgan fingerprint density at radius 3 is 2.65 bits per heavy atom. The van der Waals surface area contributed by atoms with E-state index >= 15 is 0 Å². The minimum atomic E-state index is -0.0357. The number of carbonyl (C=O) groups is 1. The standard InChI is InChI=1S/C16H22N4OS2/c1-4-11(3)12-6-8-13(9-7-12)18-14(21)10-22-16-20-19-15(23-16)17-5-2/h6-9,11H,4-5,10H2,1-3H3,(H,17,19)(H,18,21)/t11-/m1/s1. The molecule has 1 atom stereocenters. The van der Waals surface area contributed by atoms with Gasteiger partial charge in [-0.15, -0.1) is 10.2 Å². The zero-order chi connectivity index (χ0) is 16.7. The van der Waals surface area contributed by atoms with Crippen LogP contribution in [0.3, 0.4) is 0 Å². The molecule has 0 saturated carbocycles. The molecule has 0 radical (unpaired) electrons. The second-order valence-electron chi connectivity index (χ2n) is 5.17. The summed E-state index contributed by atoms with van der Waals surface area (Å²) in [5.41, 5.74) is 2.12. The van der Waals surface area contributed by atoms with E-state index in [1.165, 1.54) is 28.7 Å². The first kappa shape index (κ1) is 17.7. The van der Waals surface area contributed by atoms with Gasteiger partial charge in [0.25, 0.3) is 0 Å². The molecule has 0 fully saturated rings. The van der Waals surface area contributed by atoms with E-state index in [4.69, 9.17) is 0 Å². The highest BCUT2D eigenvalue weighted by Gasteiger charge is 2.09. The van der Waals surface area contributed by atoms with Crippen molar-refractivity contribution in [3.63, 3.8) is 0 Å². The largest absolute Gasteiger partial charge is 0.360 e. The Morgan fingerprint density at radius 2 is 2.00 bits per heavy atom. The predicted octanol–water partition coefficient (Wildman–Crippen LogP) is 4.21. The second kappa shape index (κ2) is 8.88. The maximum absolute atomic E-state index is 12.0. The maximum Gasteiger partial charge on any atom is 0.234 e. The molecule has 5 nitrogen and oxygen atoms in total. The summed E-state index contributed by atoms with van der Waals surface area (Å²) >= 11 is 2.86. The fourth-order valence-electron chi connectivity index (χ4n) is 1.95. The van der Waals surface area contributed by atoms with Gasteiger partial charge in [0, 0.05) is 12.2 Å². The third kappa shape index (κ3) is 5.51. The molecule has 2 rings (SSSR count). The van der Waals surface area contributed by atoms with Gasteiger partial charge in [0.1, 0.15) is 0 Å². The van der Waals surface area contributed by atoms with Crippen LogP contribution in [0.15, 0.2) is 28.6 Å². The molecule has 2 N–H and O–H groups in total. The van der Waals surface area contributed by atoms with Crippen molar-refractivity contribution in [2.75, 3.05) is 22.9 Å². The van der Waals surface area contributed by atoms with Crippen molar-refractivity contribution in [3.05, 3.63) is 29.8 Å². The Kier molecular flexibility index (Phi) is 6.85. The molecule has 124 valence electrons. The zero-order valence-electron chi connectivity index (χ0n) is 13.6. The molecule has 0 saturated heterocycles. The van der Waals surface area contributed by atoms with E-state index in [-0.39, 0.29) is 5.91 Å². The lowest BCUT2D eigenvalue weighted by molar-refractivity contribution is -0.113. The van der Waals surface area contributed by atoms with Crippen LogP contribution >= 0.6 is 23.1 Å². The molecule has 1 amide bonds. The summed E-state index contributed by atoms with van der Waals surface area (Å²) in [4.78, 5) is 12.0. The highest BCUT2D eigenvalue weighted by Crippen LogP contribution is 2.25. The van der Waals surface area contributed by atoms with Crippen LogP contribution in [0.1, 0.15) is 38.7 Å². The van der Waals surface area contributed by atoms with Crippen molar-refractivity contribution in [1.29, 1.82) is 0 Å². The van der Waals surface area contributed by atoms with Gasteiger partial charge < -0.3 is 10.6 Å². The first-order valence-corrected chi connectivity index (χ1v) is 9.52. The van der Waals surface area contributed by atoms with Crippen molar-refractivity contribution in [2.24, 2.45) is 0 Å². The van der Waals surface area contributed by atoms with Gasteiger partial charge in [-0.1, -0.05) is 49.1 Å². The minimum absolute atomic E-state index is 0.0357. The van der Waals surface area contributed by atoms with Crippen molar-refractivity contribution in [1.82, 2.24) is 10.2 Å². The van der Waals surface area contributed by atoms with Crippen molar-refractivity contribution < 1.29 is 4.79 Å². The third-order valence-electron chi connectivity index (χ3n) is 3.44. The first-order valence-electron chi connectivity index (χ1n) is 7.72. The predicted molar refractivity (Wildman–Crippen MR) is 98.6 cm³/mol. The Balaban J connectivity index is 1.82. The number of aromatic nitrogens is 2. The van der Waals surface area contributed by atoms with E-state index < -0.39 is 0 Å². The number of nitrogens with one attached hydrogen (secondary N) is 2. The van der Waals surface area contributed by atoms with Crippen LogP contribution in [0, 0.1) is 0 Å². The normalized spacial score (nSPS) is 12.0. The molecule has 1 aromatic heterocycles. The smallest absolute Gasteiger partial charge is 0.234 e. The second-order valence-corrected chi connectivity index (χ2v) is 7.37. The summed E-state index contributed by atoms with van der Waals surface area (Å²) in [6, 6.07) is 8.06. The molecule has 0 aliphatic rings. The van der Waals surface area contributed by atoms with Gasteiger partial charge in [-0.05, 0) is 37.0 Å². The molecular formula is C16H22N4OS2. The number of nitrogens with zero attached hydrogens (tertiary/aromatic N) is 2. The molecule has 2 aromatic rings. The first-order chi connectivity index (χ1) is 11.1. The molecule has 7 heteroatoms. The Bertz CT molecular complexity index is 627. The summed E-state index contributed by atoms with van der Waals surface area (Å²) in [5.74, 6) is 0.832. The van der Waals surface area contributed by atoms with E-state index in [0.29, 0.717) is 11.7 Å².